The number of aliphatic carboxylic acids is 1. The number of carboxylic acid groups (broad SMARTS) is 1. The molecule has 3 atom stereocenters. The van der Waals surface area contributed by atoms with Crippen molar-refractivity contribution in [2.75, 3.05) is 0 Å². The molecule has 0 aromatic rings. The average molecular weight is 157 g/mol. The molecule has 0 fully saturated rings. The maximum Gasteiger partial charge on any atom is 0.308 e. The lowest BCUT2D eigenvalue weighted by Crippen LogP contribution is -2.45. The van der Waals surface area contributed by atoms with E-state index in [9.17, 15) is 4.79 Å². The normalized spacial score (nSPS) is 37.1. The molecular formula is C7H11NO3. The molecule has 0 heterocycles. The molecular weight excluding hydrogens is 146 g/mol. The van der Waals surface area contributed by atoms with E-state index >= 15 is 0 Å². The summed E-state index contributed by atoms with van der Waals surface area (Å²) in [6.45, 7) is 0. The van der Waals surface area contributed by atoms with Crippen LogP contribution in [0, 0.1) is 5.92 Å². The van der Waals surface area contributed by atoms with Crippen LogP contribution in [-0.4, -0.2) is 28.3 Å². The Hall–Kier alpha value is -0.870. The van der Waals surface area contributed by atoms with Gasteiger partial charge in [-0.25, -0.2) is 0 Å². The van der Waals surface area contributed by atoms with Crippen LogP contribution in [0.3, 0.4) is 0 Å². The Balaban J connectivity index is 2.70. The molecule has 0 aromatic carbocycles. The van der Waals surface area contributed by atoms with Crippen LogP contribution in [0.4, 0.5) is 0 Å². The second-order valence-electron chi connectivity index (χ2n) is 2.68. The Morgan fingerprint density at radius 3 is 2.73 bits per heavy atom. The Kier molecular flexibility index (Phi) is 2.26. The van der Waals surface area contributed by atoms with Crippen LogP contribution in [0.1, 0.15) is 6.42 Å². The molecule has 0 aliphatic heterocycles. The smallest absolute Gasteiger partial charge is 0.308 e. The molecule has 1 aliphatic carbocycles. The molecule has 0 aromatic heterocycles. The van der Waals surface area contributed by atoms with Crippen LogP contribution in [0.15, 0.2) is 12.2 Å². The first-order chi connectivity index (χ1) is 5.13. The Morgan fingerprint density at radius 1 is 1.64 bits per heavy atom. The topological polar surface area (TPSA) is 83.5 Å². The van der Waals surface area contributed by atoms with Crippen LogP contribution < -0.4 is 5.73 Å². The van der Waals surface area contributed by atoms with Gasteiger partial charge in [0.25, 0.3) is 0 Å². The molecule has 4 heteroatoms. The number of aliphatic hydroxyl groups excluding tert-OH is 1. The predicted molar refractivity (Wildman–Crippen MR) is 38.9 cm³/mol. The molecule has 0 bridgehead atoms. The van der Waals surface area contributed by atoms with E-state index in [1.165, 1.54) is 6.08 Å². The number of rotatable bonds is 1. The lowest BCUT2D eigenvalue weighted by atomic mass is 9.88. The van der Waals surface area contributed by atoms with Gasteiger partial charge in [-0.2, -0.15) is 0 Å². The minimum absolute atomic E-state index is 0.410. The number of carboxylic acids is 1. The van der Waals surface area contributed by atoms with Crippen molar-refractivity contribution < 1.29 is 15.0 Å². The molecule has 62 valence electrons. The lowest BCUT2D eigenvalue weighted by molar-refractivity contribution is -0.143. The minimum atomic E-state index is -0.944. The fraction of sp³-hybridized carbons (Fsp3) is 0.571. The van der Waals surface area contributed by atoms with Crippen molar-refractivity contribution in [3.05, 3.63) is 12.2 Å². The van der Waals surface area contributed by atoms with Crippen molar-refractivity contribution in [2.24, 2.45) is 11.7 Å². The van der Waals surface area contributed by atoms with Crippen LogP contribution in [0.25, 0.3) is 0 Å². The summed E-state index contributed by atoms with van der Waals surface area (Å²) in [5, 5.41) is 17.7. The Bertz CT molecular complexity index is 190. The molecule has 11 heavy (non-hydrogen) atoms. The van der Waals surface area contributed by atoms with E-state index in [0.29, 0.717) is 6.42 Å². The number of allylic oxidation sites excluding steroid dienone is 1. The summed E-state index contributed by atoms with van der Waals surface area (Å²) in [4.78, 5) is 10.5. The zero-order valence-corrected chi connectivity index (χ0v) is 5.97. The van der Waals surface area contributed by atoms with Gasteiger partial charge in [0.15, 0.2) is 0 Å². The summed E-state index contributed by atoms with van der Waals surface area (Å²) in [5.41, 5.74) is 5.44. The van der Waals surface area contributed by atoms with Gasteiger partial charge in [-0.05, 0) is 6.42 Å². The third-order valence-electron chi connectivity index (χ3n) is 1.90. The number of carbonyl (C=O) groups is 1. The molecule has 1 rings (SSSR count). The first kappa shape index (κ1) is 8.23. The predicted octanol–water partition coefficient (Wildman–Crippen LogP) is -0.665. The number of nitrogens with two attached hydrogens (primary N) is 1. The summed E-state index contributed by atoms with van der Waals surface area (Å²) in [7, 11) is 0. The number of hydrogen-bond acceptors (Lipinski definition) is 3. The van der Waals surface area contributed by atoms with E-state index in [0.717, 1.165) is 0 Å². The van der Waals surface area contributed by atoms with Crippen molar-refractivity contribution in [1.82, 2.24) is 0 Å². The van der Waals surface area contributed by atoms with Gasteiger partial charge in [-0.3, -0.25) is 4.79 Å². The van der Waals surface area contributed by atoms with Gasteiger partial charge >= 0.3 is 5.97 Å². The first-order valence-electron chi connectivity index (χ1n) is 3.46. The molecule has 4 nitrogen and oxygen atoms in total. The summed E-state index contributed by atoms with van der Waals surface area (Å²) in [6.07, 6.45) is 2.77. The second kappa shape index (κ2) is 3.02. The molecule has 0 radical (unpaired) electrons. The maximum absolute atomic E-state index is 10.5. The quantitative estimate of drug-likeness (QED) is 0.441. The van der Waals surface area contributed by atoms with Crippen LogP contribution in [0.5, 0.6) is 0 Å². The van der Waals surface area contributed by atoms with E-state index in [2.05, 4.69) is 0 Å². The van der Waals surface area contributed by atoms with E-state index in [1.54, 1.807) is 6.08 Å². The average Bonchev–Trinajstić information content (AvgIpc) is 1.94. The van der Waals surface area contributed by atoms with Gasteiger partial charge in [0.1, 0.15) is 0 Å². The van der Waals surface area contributed by atoms with Crippen LogP contribution >= 0.6 is 0 Å². The van der Waals surface area contributed by atoms with Crippen molar-refractivity contribution in [1.29, 1.82) is 0 Å². The van der Waals surface area contributed by atoms with Gasteiger partial charge in [-0.1, -0.05) is 12.2 Å². The summed E-state index contributed by atoms with van der Waals surface area (Å²) < 4.78 is 0. The molecule has 0 unspecified atom stereocenters. The monoisotopic (exact) mass is 157 g/mol. The molecule has 0 saturated carbocycles. The Morgan fingerprint density at radius 2 is 2.27 bits per heavy atom. The first-order valence-corrected chi connectivity index (χ1v) is 3.46. The molecule has 4 N–H and O–H groups in total. The van der Waals surface area contributed by atoms with Crippen molar-refractivity contribution >= 4 is 5.97 Å². The van der Waals surface area contributed by atoms with Crippen molar-refractivity contribution in [3.8, 4) is 0 Å². The molecule has 0 amide bonds. The zero-order valence-electron chi connectivity index (χ0n) is 5.97. The van der Waals surface area contributed by atoms with Gasteiger partial charge in [0, 0.05) is 6.04 Å². The van der Waals surface area contributed by atoms with Crippen LogP contribution in [-0.2, 0) is 4.79 Å². The second-order valence-corrected chi connectivity index (χ2v) is 2.68. The zero-order chi connectivity index (χ0) is 8.43. The van der Waals surface area contributed by atoms with Crippen molar-refractivity contribution in [3.63, 3.8) is 0 Å². The van der Waals surface area contributed by atoms with E-state index in [-0.39, 0.29) is 0 Å². The van der Waals surface area contributed by atoms with E-state index < -0.39 is 24.0 Å². The maximum atomic E-state index is 10.5. The van der Waals surface area contributed by atoms with E-state index in [1.807, 2.05) is 0 Å². The largest absolute Gasteiger partial charge is 0.481 e. The molecule has 0 spiro atoms. The third kappa shape index (κ3) is 1.58. The van der Waals surface area contributed by atoms with Gasteiger partial charge in [-0.15, -0.1) is 0 Å². The van der Waals surface area contributed by atoms with Gasteiger partial charge < -0.3 is 15.9 Å². The lowest BCUT2D eigenvalue weighted by Gasteiger charge is -2.25. The number of hydrogen-bond donors (Lipinski definition) is 3. The van der Waals surface area contributed by atoms with E-state index in [4.69, 9.17) is 15.9 Å². The highest BCUT2D eigenvalue weighted by molar-refractivity contribution is 5.71. The van der Waals surface area contributed by atoms with Gasteiger partial charge in [0.2, 0.25) is 0 Å². The number of aliphatic hydroxyl groups is 1. The van der Waals surface area contributed by atoms with Crippen LogP contribution in [0.2, 0.25) is 0 Å². The summed E-state index contributed by atoms with van der Waals surface area (Å²) in [5.74, 6) is -1.59. The highest BCUT2D eigenvalue weighted by Crippen LogP contribution is 2.17. The summed E-state index contributed by atoms with van der Waals surface area (Å²) in [6, 6.07) is -0.669. The summed E-state index contributed by atoms with van der Waals surface area (Å²) >= 11 is 0. The Labute approximate surface area is 64.3 Å². The van der Waals surface area contributed by atoms with Gasteiger partial charge in [0.05, 0.1) is 12.0 Å². The SMILES string of the molecule is N[C@@H]1[C@@H](O)C=CC[C@H]1C(=O)O. The highest BCUT2D eigenvalue weighted by Gasteiger charge is 2.30. The fourth-order valence-electron chi connectivity index (χ4n) is 1.15. The molecule has 1 aliphatic rings. The standard InChI is InChI=1S/C7H11NO3/c8-6-4(7(10)11)2-1-3-5(6)9/h1,3-6,9H,2,8H2,(H,10,11)/t4-,5+,6+/m1/s1. The molecule has 0 saturated heterocycles. The third-order valence-corrected chi connectivity index (χ3v) is 1.90. The van der Waals surface area contributed by atoms with Crippen molar-refractivity contribution in [2.45, 2.75) is 18.6 Å². The fourth-order valence-corrected chi connectivity index (χ4v) is 1.15. The minimum Gasteiger partial charge on any atom is -0.481 e. The highest BCUT2D eigenvalue weighted by atomic mass is 16.4.